The van der Waals surface area contributed by atoms with Crippen LogP contribution in [0.1, 0.15) is 21.5 Å². The molecule has 104 valence electrons. The number of ether oxygens (including phenoxy) is 2. The number of carbonyl (C=O) groups is 1. The Labute approximate surface area is 126 Å². The Hall–Kier alpha value is -1.65. The lowest BCUT2D eigenvalue weighted by molar-refractivity contribution is 0.0600. The number of rotatable bonds is 5. The molecule has 4 heteroatoms. The predicted molar refractivity (Wildman–Crippen MR) is 80.4 cm³/mol. The molecular weight excluding hydrogens is 320 g/mol. The molecule has 0 N–H and O–H groups in total. The van der Waals surface area contributed by atoms with E-state index < -0.39 is 0 Å². The van der Waals surface area contributed by atoms with E-state index in [0.29, 0.717) is 18.8 Å². The van der Waals surface area contributed by atoms with Crippen molar-refractivity contribution in [3.8, 4) is 0 Å². The Bertz CT molecular complexity index is 579. The molecule has 2 rings (SSSR count). The quantitative estimate of drug-likeness (QED) is 0.776. The van der Waals surface area contributed by atoms with Crippen LogP contribution in [0.15, 0.2) is 53.0 Å². The molecule has 0 saturated carbocycles. The van der Waals surface area contributed by atoms with Gasteiger partial charge < -0.3 is 9.47 Å². The second-order valence-corrected chi connectivity index (χ2v) is 5.23. The van der Waals surface area contributed by atoms with E-state index in [-0.39, 0.29) is 5.97 Å². The summed E-state index contributed by atoms with van der Waals surface area (Å²) in [5.74, 6) is -0.327. The zero-order valence-electron chi connectivity index (χ0n) is 11.1. The van der Waals surface area contributed by atoms with Gasteiger partial charge in [-0.25, -0.2) is 4.79 Å². The molecule has 0 saturated heterocycles. The van der Waals surface area contributed by atoms with Gasteiger partial charge in [0, 0.05) is 4.47 Å². The summed E-state index contributed by atoms with van der Waals surface area (Å²) >= 11 is 3.43. The van der Waals surface area contributed by atoms with E-state index in [4.69, 9.17) is 4.74 Å². The van der Waals surface area contributed by atoms with E-state index in [1.54, 1.807) is 12.1 Å². The van der Waals surface area contributed by atoms with Crippen molar-refractivity contribution in [2.75, 3.05) is 7.11 Å². The number of halogens is 1. The van der Waals surface area contributed by atoms with Crippen LogP contribution >= 0.6 is 15.9 Å². The fraction of sp³-hybridized carbons (Fsp3) is 0.188. The summed E-state index contributed by atoms with van der Waals surface area (Å²) < 4.78 is 11.3. The van der Waals surface area contributed by atoms with Gasteiger partial charge in [0.25, 0.3) is 0 Å². The lowest BCUT2D eigenvalue weighted by atomic mass is 10.1. The van der Waals surface area contributed by atoms with Crippen LogP contribution in [-0.4, -0.2) is 13.1 Å². The van der Waals surface area contributed by atoms with Crippen LogP contribution in [0.2, 0.25) is 0 Å². The molecule has 2 aromatic rings. The average molecular weight is 335 g/mol. The number of carbonyl (C=O) groups excluding carboxylic acids is 1. The van der Waals surface area contributed by atoms with E-state index in [2.05, 4.69) is 20.7 Å². The van der Waals surface area contributed by atoms with Crippen molar-refractivity contribution in [3.63, 3.8) is 0 Å². The molecule has 0 unspecified atom stereocenters. The number of hydrogen-bond acceptors (Lipinski definition) is 3. The topological polar surface area (TPSA) is 35.5 Å². The van der Waals surface area contributed by atoms with Crippen LogP contribution < -0.4 is 0 Å². The predicted octanol–water partition coefficient (Wildman–Crippen LogP) is 3.95. The van der Waals surface area contributed by atoms with Crippen molar-refractivity contribution in [1.29, 1.82) is 0 Å². The first-order valence-electron chi connectivity index (χ1n) is 6.18. The summed E-state index contributed by atoms with van der Waals surface area (Å²) in [4.78, 5) is 11.3. The molecule has 3 nitrogen and oxygen atoms in total. The van der Waals surface area contributed by atoms with Crippen molar-refractivity contribution < 1.29 is 14.3 Å². The fourth-order valence-corrected chi connectivity index (χ4v) is 2.22. The molecule has 0 amide bonds. The van der Waals surface area contributed by atoms with Gasteiger partial charge in [-0.1, -0.05) is 40.2 Å². The van der Waals surface area contributed by atoms with Crippen molar-refractivity contribution in [2.24, 2.45) is 0 Å². The number of hydrogen-bond donors (Lipinski definition) is 0. The Kier molecular flexibility index (Phi) is 5.32. The molecule has 0 bridgehead atoms. The average Bonchev–Trinajstić information content (AvgIpc) is 2.47. The first kappa shape index (κ1) is 14.8. The van der Waals surface area contributed by atoms with Crippen molar-refractivity contribution in [2.45, 2.75) is 13.2 Å². The molecule has 0 aliphatic heterocycles. The van der Waals surface area contributed by atoms with E-state index in [1.807, 2.05) is 36.4 Å². The molecule has 0 heterocycles. The Morgan fingerprint density at radius 3 is 2.40 bits per heavy atom. The van der Waals surface area contributed by atoms with Crippen LogP contribution in [0.4, 0.5) is 0 Å². The summed E-state index contributed by atoms with van der Waals surface area (Å²) in [6.07, 6.45) is 0. The van der Waals surface area contributed by atoms with Crippen LogP contribution in [0.25, 0.3) is 0 Å². The lowest BCUT2D eigenvalue weighted by Crippen LogP contribution is -2.01. The molecule has 0 aromatic heterocycles. The van der Waals surface area contributed by atoms with Crippen molar-refractivity contribution >= 4 is 21.9 Å². The molecule has 0 atom stereocenters. The third-order valence-electron chi connectivity index (χ3n) is 2.80. The van der Waals surface area contributed by atoms with Crippen LogP contribution in [0.5, 0.6) is 0 Å². The molecule has 20 heavy (non-hydrogen) atoms. The summed E-state index contributed by atoms with van der Waals surface area (Å²) in [5, 5.41) is 0. The summed E-state index contributed by atoms with van der Waals surface area (Å²) in [5.41, 5.74) is 2.68. The van der Waals surface area contributed by atoms with Gasteiger partial charge in [0.2, 0.25) is 0 Å². The van der Waals surface area contributed by atoms with Crippen molar-refractivity contribution in [3.05, 3.63) is 69.7 Å². The highest BCUT2D eigenvalue weighted by Gasteiger charge is 2.04. The first-order chi connectivity index (χ1) is 9.69. The van der Waals surface area contributed by atoms with Gasteiger partial charge in [0.15, 0.2) is 0 Å². The minimum Gasteiger partial charge on any atom is -0.465 e. The number of esters is 1. The minimum atomic E-state index is -0.327. The van der Waals surface area contributed by atoms with Crippen LogP contribution in [-0.2, 0) is 22.7 Å². The fourth-order valence-electron chi connectivity index (χ4n) is 1.77. The smallest absolute Gasteiger partial charge is 0.337 e. The van der Waals surface area contributed by atoms with Crippen molar-refractivity contribution in [1.82, 2.24) is 0 Å². The third kappa shape index (κ3) is 4.18. The standard InChI is InChI=1S/C16H15BrO3/c1-19-16(18)14-7-5-12(6-8-14)10-20-11-13-3-2-4-15(17)9-13/h2-9H,10-11H2,1H3. The minimum absolute atomic E-state index is 0.327. The third-order valence-corrected chi connectivity index (χ3v) is 3.29. The molecule has 0 aliphatic carbocycles. The SMILES string of the molecule is COC(=O)c1ccc(COCc2cccc(Br)c2)cc1. The molecule has 0 fully saturated rings. The zero-order chi connectivity index (χ0) is 14.4. The highest BCUT2D eigenvalue weighted by Crippen LogP contribution is 2.13. The van der Waals surface area contributed by atoms with Crippen LogP contribution in [0.3, 0.4) is 0 Å². The molecule has 2 aromatic carbocycles. The Balaban J connectivity index is 1.86. The Morgan fingerprint density at radius 2 is 1.75 bits per heavy atom. The monoisotopic (exact) mass is 334 g/mol. The number of benzene rings is 2. The normalized spacial score (nSPS) is 10.3. The Morgan fingerprint density at radius 1 is 1.05 bits per heavy atom. The van der Waals surface area contributed by atoms with E-state index in [9.17, 15) is 4.79 Å². The van der Waals surface area contributed by atoms with E-state index in [0.717, 1.165) is 15.6 Å². The molecule has 0 spiro atoms. The second-order valence-electron chi connectivity index (χ2n) is 4.31. The summed E-state index contributed by atoms with van der Waals surface area (Å²) in [6.45, 7) is 1.06. The maximum absolute atomic E-state index is 11.3. The van der Waals surface area contributed by atoms with E-state index >= 15 is 0 Å². The maximum atomic E-state index is 11.3. The molecular formula is C16H15BrO3. The molecule has 0 aliphatic rings. The summed E-state index contributed by atoms with van der Waals surface area (Å²) in [7, 11) is 1.37. The van der Waals surface area contributed by atoms with Gasteiger partial charge in [-0.05, 0) is 35.4 Å². The van der Waals surface area contributed by atoms with Gasteiger partial charge in [-0.2, -0.15) is 0 Å². The molecule has 0 radical (unpaired) electrons. The maximum Gasteiger partial charge on any atom is 0.337 e. The van der Waals surface area contributed by atoms with E-state index in [1.165, 1.54) is 7.11 Å². The van der Waals surface area contributed by atoms with Crippen LogP contribution in [0, 0.1) is 0 Å². The largest absolute Gasteiger partial charge is 0.465 e. The number of methoxy groups -OCH3 is 1. The highest BCUT2D eigenvalue weighted by atomic mass is 79.9. The zero-order valence-corrected chi connectivity index (χ0v) is 12.7. The summed E-state index contributed by atoms with van der Waals surface area (Å²) in [6, 6.07) is 15.2. The second kappa shape index (κ2) is 7.22. The lowest BCUT2D eigenvalue weighted by Gasteiger charge is -2.06. The van der Waals surface area contributed by atoms with Gasteiger partial charge >= 0.3 is 5.97 Å². The van der Waals surface area contributed by atoms with Gasteiger partial charge in [-0.15, -0.1) is 0 Å². The van der Waals surface area contributed by atoms with Gasteiger partial charge in [0.05, 0.1) is 25.9 Å². The van der Waals surface area contributed by atoms with Gasteiger partial charge in [0.1, 0.15) is 0 Å². The van der Waals surface area contributed by atoms with Gasteiger partial charge in [-0.3, -0.25) is 0 Å². The first-order valence-corrected chi connectivity index (χ1v) is 6.98. The highest BCUT2D eigenvalue weighted by molar-refractivity contribution is 9.10.